The van der Waals surface area contributed by atoms with Gasteiger partial charge in [-0.15, -0.1) is 0 Å². The van der Waals surface area contributed by atoms with Crippen molar-refractivity contribution in [2.45, 2.75) is 66.1 Å². The van der Waals surface area contributed by atoms with Crippen molar-refractivity contribution in [3.05, 3.63) is 0 Å². The zero-order valence-electron chi connectivity index (χ0n) is 15.1. The Morgan fingerprint density at radius 2 is 1.81 bits per heavy atom. The molecule has 0 heterocycles. The van der Waals surface area contributed by atoms with Gasteiger partial charge >= 0.3 is 0 Å². The minimum absolute atomic E-state index is 0.338. The summed E-state index contributed by atoms with van der Waals surface area (Å²) in [7, 11) is 2.21. The van der Waals surface area contributed by atoms with Crippen LogP contribution in [0.4, 0.5) is 0 Å². The third-order valence-electron chi connectivity index (χ3n) is 5.64. The number of hydrogen-bond donors (Lipinski definition) is 1. The van der Waals surface area contributed by atoms with Gasteiger partial charge in [-0.2, -0.15) is 0 Å². The van der Waals surface area contributed by atoms with Crippen molar-refractivity contribution < 1.29 is 14.3 Å². The minimum atomic E-state index is -0.347. The third-order valence-corrected chi connectivity index (χ3v) is 5.64. The largest absolute Gasteiger partial charge is 0.385 e. The summed E-state index contributed by atoms with van der Waals surface area (Å²) in [4.78, 5) is 0. The van der Waals surface area contributed by atoms with Gasteiger partial charge in [-0.1, -0.05) is 27.2 Å². The molecule has 1 aliphatic rings. The molecule has 0 aromatic carbocycles. The number of hydrogen-bond acceptors (Lipinski definition) is 2. The topological polar surface area (TPSA) is 29.5 Å². The highest BCUT2D eigenvalue weighted by atomic mass is 16.5. The molecule has 0 aromatic heterocycles. The molecule has 1 fully saturated rings. The zero-order valence-corrected chi connectivity index (χ0v) is 15.1. The fraction of sp³-hybridized carbons (Fsp3) is 1.00. The first-order valence-electron chi connectivity index (χ1n) is 8.94. The minimum Gasteiger partial charge on any atom is -0.385 e. The second kappa shape index (κ2) is 8.50. The van der Waals surface area contributed by atoms with Gasteiger partial charge in [0, 0.05) is 0 Å². The molecule has 4 unspecified atom stereocenters. The lowest BCUT2D eigenvalue weighted by Crippen LogP contribution is -2.50. The molecule has 0 saturated heterocycles. The first-order chi connectivity index (χ1) is 9.81. The maximum Gasteiger partial charge on any atom is 0.126 e. The van der Waals surface area contributed by atoms with E-state index >= 15 is 0 Å². The molecular formula is C18H38NO2+. The Labute approximate surface area is 132 Å². The van der Waals surface area contributed by atoms with Gasteiger partial charge in [0.25, 0.3) is 0 Å². The van der Waals surface area contributed by atoms with Gasteiger partial charge in [-0.25, -0.2) is 0 Å². The number of nitrogens with zero attached hydrogens (tertiary/aromatic N) is 1. The van der Waals surface area contributed by atoms with E-state index in [9.17, 15) is 5.11 Å². The fourth-order valence-corrected chi connectivity index (χ4v) is 3.58. The van der Waals surface area contributed by atoms with E-state index in [0.717, 1.165) is 36.5 Å². The fourth-order valence-electron chi connectivity index (χ4n) is 3.58. The predicted octanol–water partition coefficient (Wildman–Crippen LogP) is 3.31. The summed E-state index contributed by atoms with van der Waals surface area (Å²) in [5, 5.41) is 10.3. The Kier molecular flexibility index (Phi) is 7.66. The SMILES string of the molecule is CC[N+](C)(CC)CC(O)COC1CC(C)CCC1C(C)C. The number of aliphatic hydroxyl groups excluding tert-OH is 1. The first kappa shape index (κ1) is 18.9. The Bertz CT molecular complexity index is 289. The second-order valence-electron chi connectivity index (χ2n) is 7.79. The highest BCUT2D eigenvalue weighted by Gasteiger charge is 2.32. The van der Waals surface area contributed by atoms with Crippen molar-refractivity contribution in [3.8, 4) is 0 Å². The van der Waals surface area contributed by atoms with E-state index in [1.165, 1.54) is 12.8 Å². The second-order valence-corrected chi connectivity index (χ2v) is 7.79. The molecule has 0 bridgehead atoms. The predicted molar refractivity (Wildman–Crippen MR) is 89.2 cm³/mol. The van der Waals surface area contributed by atoms with Crippen LogP contribution in [0, 0.1) is 17.8 Å². The van der Waals surface area contributed by atoms with E-state index in [-0.39, 0.29) is 6.10 Å². The maximum atomic E-state index is 10.3. The van der Waals surface area contributed by atoms with Crippen molar-refractivity contribution in [2.24, 2.45) is 17.8 Å². The Hall–Kier alpha value is -0.120. The highest BCUT2D eigenvalue weighted by Crippen LogP contribution is 2.35. The van der Waals surface area contributed by atoms with Crippen LogP contribution in [-0.2, 0) is 4.74 Å². The van der Waals surface area contributed by atoms with Crippen molar-refractivity contribution in [3.63, 3.8) is 0 Å². The average Bonchev–Trinajstić information content (AvgIpc) is 2.44. The average molecular weight is 301 g/mol. The van der Waals surface area contributed by atoms with Crippen LogP contribution in [0.1, 0.15) is 53.9 Å². The lowest BCUT2D eigenvalue weighted by atomic mass is 9.75. The highest BCUT2D eigenvalue weighted by molar-refractivity contribution is 4.81. The number of aliphatic hydroxyl groups is 1. The Morgan fingerprint density at radius 1 is 1.19 bits per heavy atom. The standard InChI is InChI=1S/C18H38NO2/c1-7-19(6,8-2)12-16(20)13-21-18-11-15(5)9-10-17(18)14(3)4/h14-18,20H,7-13H2,1-6H3/q+1. The molecule has 4 atom stereocenters. The molecule has 0 aliphatic heterocycles. The molecule has 0 aromatic rings. The molecule has 126 valence electrons. The summed E-state index contributed by atoms with van der Waals surface area (Å²) in [5.41, 5.74) is 0. The van der Waals surface area contributed by atoms with Gasteiger partial charge in [0.1, 0.15) is 12.6 Å². The van der Waals surface area contributed by atoms with Crippen LogP contribution in [0.3, 0.4) is 0 Å². The number of ether oxygens (including phenoxy) is 1. The van der Waals surface area contributed by atoms with Crippen molar-refractivity contribution in [1.29, 1.82) is 0 Å². The molecule has 3 nitrogen and oxygen atoms in total. The van der Waals surface area contributed by atoms with Crippen molar-refractivity contribution in [1.82, 2.24) is 0 Å². The first-order valence-corrected chi connectivity index (χ1v) is 8.94. The Balaban J connectivity index is 2.47. The van der Waals surface area contributed by atoms with E-state index in [1.807, 2.05) is 0 Å². The van der Waals surface area contributed by atoms with Crippen LogP contribution in [0.5, 0.6) is 0 Å². The van der Waals surface area contributed by atoms with Gasteiger partial charge in [0.15, 0.2) is 0 Å². The van der Waals surface area contributed by atoms with Crippen LogP contribution < -0.4 is 0 Å². The van der Waals surface area contributed by atoms with Crippen LogP contribution in [0.15, 0.2) is 0 Å². The van der Waals surface area contributed by atoms with Crippen molar-refractivity contribution in [2.75, 3.05) is 33.3 Å². The summed E-state index contributed by atoms with van der Waals surface area (Å²) < 4.78 is 7.08. The van der Waals surface area contributed by atoms with E-state index in [4.69, 9.17) is 4.74 Å². The molecule has 0 radical (unpaired) electrons. The smallest absolute Gasteiger partial charge is 0.126 e. The van der Waals surface area contributed by atoms with E-state index in [1.54, 1.807) is 0 Å². The van der Waals surface area contributed by atoms with E-state index in [2.05, 4.69) is 41.7 Å². The monoisotopic (exact) mass is 300 g/mol. The molecular weight excluding hydrogens is 262 g/mol. The van der Waals surface area contributed by atoms with Gasteiger partial charge < -0.3 is 14.3 Å². The summed E-state index contributed by atoms with van der Waals surface area (Å²) in [6.45, 7) is 14.7. The molecule has 0 spiro atoms. The maximum absolute atomic E-state index is 10.3. The molecule has 21 heavy (non-hydrogen) atoms. The zero-order chi connectivity index (χ0) is 16.0. The normalized spacial score (nSPS) is 28.9. The van der Waals surface area contributed by atoms with Gasteiger partial charge in [-0.3, -0.25) is 0 Å². The molecule has 1 N–H and O–H groups in total. The lowest BCUT2D eigenvalue weighted by molar-refractivity contribution is -0.909. The third kappa shape index (κ3) is 5.88. The number of quaternary nitrogens is 1. The van der Waals surface area contributed by atoms with Crippen LogP contribution in [0.2, 0.25) is 0 Å². The van der Waals surface area contributed by atoms with E-state index in [0.29, 0.717) is 24.5 Å². The lowest BCUT2D eigenvalue weighted by Gasteiger charge is -2.38. The van der Waals surface area contributed by atoms with Gasteiger partial charge in [-0.05, 0) is 44.4 Å². The van der Waals surface area contributed by atoms with Gasteiger partial charge in [0.2, 0.25) is 0 Å². The summed E-state index contributed by atoms with van der Waals surface area (Å²) in [5.74, 6) is 2.09. The van der Waals surface area contributed by atoms with Crippen LogP contribution in [0.25, 0.3) is 0 Å². The van der Waals surface area contributed by atoms with E-state index < -0.39 is 0 Å². The Morgan fingerprint density at radius 3 is 2.33 bits per heavy atom. The molecule has 1 aliphatic carbocycles. The number of likely N-dealkylation sites (N-methyl/N-ethyl adjacent to an activating group) is 1. The summed E-state index contributed by atoms with van der Waals surface area (Å²) in [6, 6.07) is 0. The molecule has 0 amide bonds. The van der Waals surface area contributed by atoms with Crippen molar-refractivity contribution >= 4 is 0 Å². The summed E-state index contributed by atoms with van der Waals surface area (Å²) >= 11 is 0. The van der Waals surface area contributed by atoms with Gasteiger partial charge in [0.05, 0.1) is 32.8 Å². The number of rotatable bonds is 8. The van der Waals surface area contributed by atoms with Crippen LogP contribution >= 0.6 is 0 Å². The molecule has 1 rings (SSSR count). The van der Waals surface area contributed by atoms with Crippen LogP contribution in [-0.4, -0.2) is 55.1 Å². The quantitative estimate of drug-likeness (QED) is 0.697. The molecule has 1 saturated carbocycles. The molecule has 3 heteroatoms. The summed E-state index contributed by atoms with van der Waals surface area (Å²) in [6.07, 6.45) is 3.75.